The van der Waals surface area contributed by atoms with Gasteiger partial charge in [0.15, 0.2) is 0 Å². The fourth-order valence-electron chi connectivity index (χ4n) is 3.83. The minimum atomic E-state index is -0.397. The number of non-ortho nitro benzene ring substituents is 1. The molecule has 1 aliphatic heterocycles. The van der Waals surface area contributed by atoms with E-state index in [0.717, 1.165) is 28.4 Å². The first-order valence-corrected chi connectivity index (χ1v) is 11.6. The summed E-state index contributed by atoms with van der Waals surface area (Å²) in [6, 6.07) is 22.6. The first kappa shape index (κ1) is 21.3. The fourth-order valence-corrected chi connectivity index (χ4v) is 4.79. The SMILES string of the molecule is Cc1ccc(C2=NN(c3nc(-c4cccc([N+](=O)[O-])c4)cs3)[C@H](c3ccc(Cl)cc3)C2)cc1. The van der Waals surface area contributed by atoms with E-state index in [2.05, 4.69) is 31.2 Å². The molecule has 5 rings (SSSR count). The monoisotopic (exact) mass is 474 g/mol. The zero-order valence-electron chi connectivity index (χ0n) is 17.7. The fraction of sp³-hybridized carbons (Fsp3) is 0.120. The summed E-state index contributed by atoms with van der Waals surface area (Å²) in [6.07, 6.45) is 0.733. The number of halogens is 1. The molecule has 1 aromatic heterocycles. The Bertz CT molecular complexity index is 1350. The van der Waals surface area contributed by atoms with E-state index in [1.807, 2.05) is 40.7 Å². The molecule has 2 heterocycles. The van der Waals surface area contributed by atoms with Gasteiger partial charge in [-0.25, -0.2) is 9.99 Å². The third kappa shape index (κ3) is 4.37. The van der Waals surface area contributed by atoms with Crippen LogP contribution in [0.3, 0.4) is 0 Å². The lowest BCUT2D eigenvalue weighted by atomic mass is 9.98. The first-order chi connectivity index (χ1) is 16.0. The van der Waals surface area contributed by atoms with Gasteiger partial charge in [-0.3, -0.25) is 10.1 Å². The van der Waals surface area contributed by atoms with Crippen molar-refractivity contribution in [1.82, 2.24) is 4.98 Å². The van der Waals surface area contributed by atoms with E-state index in [1.54, 1.807) is 12.1 Å². The molecule has 33 heavy (non-hydrogen) atoms. The molecule has 164 valence electrons. The number of hydrogen-bond acceptors (Lipinski definition) is 6. The van der Waals surface area contributed by atoms with Crippen LogP contribution in [0.1, 0.15) is 29.2 Å². The molecule has 8 heteroatoms. The highest BCUT2D eigenvalue weighted by molar-refractivity contribution is 7.14. The van der Waals surface area contributed by atoms with Gasteiger partial charge < -0.3 is 0 Å². The molecule has 0 aliphatic carbocycles. The normalized spacial score (nSPS) is 15.5. The molecule has 0 amide bonds. The van der Waals surface area contributed by atoms with E-state index in [0.29, 0.717) is 16.3 Å². The van der Waals surface area contributed by atoms with Crippen molar-refractivity contribution >= 4 is 39.5 Å². The van der Waals surface area contributed by atoms with E-state index >= 15 is 0 Å². The molecule has 0 unspecified atom stereocenters. The number of aromatic nitrogens is 1. The number of anilines is 1. The molecule has 0 radical (unpaired) electrons. The standard InChI is InChI=1S/C25H19ClN4O2S/c1-16-5-7-17(8-6-16)22-14-24(18-9-11-20(26)12-10-18)29(28-22)25-27-23(15-33-25)19-3-2-4-21(13-19)30(31)32/h2-13,15,24H,14H2,1H3/t24-/m0/s1. The Morgan fingerprint density at radius 2 is 1.82 bits per heavy atom. The van der Waals surface area contributed by atoms with Crippen molar-refractivity contribution in [3.05, 3.63) is 110 Å². The quantitative estimate of drug-likeness (QED) is 0.230. The highest BCUT2D eigenvalue weighted by Gasteiger charge is 2.31. The molecule has 0 saturated heterocycles. The van der Waals surface area contributed by atoms with Gasteiger partial charge in [0.2, 0.25) is 5.13 Å². The second-order valence-electron chi connectivity index (χ2n) is 7.85. The molecule has 0 spiro atoms. The first-order valence-electron chi connectivity index (χ1n) is 10.4. The minimum absolute atomic E-state index is 0.0253. The zero-order valence-corrected chi connectivity index (χ0v) is 19.3. The molecule has 4 aromatic rings. The lowest BCUT2D eigenvalue weighted by Gasteiger charge is -2.21. The third-order valence-electron chi connectivity index (χ3n) is 5.59. The number of nitro benzene ring substituents is 1. The molecule has 6 nitrogen and oxygen atoms in total. The number of nitro groups is 1. The second kappa shape index (κ2) is 8.77. The molecular weight excluding hydrogens is 456 g/mol. The Kier molecular flexibility index (Phi) is 5.66. The summed E-state index contributed by atoms with van der Waals surface area (Å²) < 4.78 is 0. The minimum Gasteiger partial charge on any atom is -0.258 e. The number of hydrogen-bond donors (Lipinski definition) is 0. The Balaban J connectivity index is 1.53. The summed E-state index contributed by atoms with van der Waals surface area (Å²) in [4.78, 5) is 15.6. The van der Waals surface area contributed by atoms with Gasteiger partial charge in [-0.15, -0.1) is 11.3 Å². The van der Waals surface area contributed by atoms with Crippen LogP contribution in [0.25, 0.3) is 11.3 Å². The maximum absolute atomic E-state index is 11.2. The summed E-state index contributed by atoms with van der Waals surface area (Å²) in [7, 11) is 0. The Morgan fingerprint density at radius 1 is 1.06 bits per heavy atom. The number of benzene rings is 3. The van der Waals surface area contributed by atoms with Gasteiger partial charge in [-0.2, -0.15) is 5.10 Å². The van der Waals surface area contributed by atoms with Gasteiger partial charge >= 0.3 is 0 Å². The van der Waals surface area contributed by atoms with E-state index < -0.39 is 4.92 Å². The third-order valence-corrected chi connectivity index (χ3v) is 6.67. The zero-order chi connectivity index (χ0) is 22.9. The van der Waals surface area contributed by atoms with Crippen LogP contribution in [0.5, 0.6) is 0 Å². The van der Waals surface area contributed by atoms with Gasteiger partial charge in [-0.1, -0.05) is 65.7 Å². The molecule has 0 fully saturated rings. The van der Waals surface area contributed by atoms with Gasteiger partial charge in [0.1, 0.15) is 0 Å². The van der Waals surface area contributed by atoms with Crippen molar-refractivity contribution in [3.63, 3.8) is 0 Å². The van der Waals surface area contributed by atoms with Crippen LogP contribution in [0.2, 0.25) is 5.02 Å². The summed E-state index contributed by atoms with van der Waals surface area (Å²) >= 11 is 7.59. The van der Waals surface area contributed by atoms with Crippen molar-refractivity contribution in [3.8, 4) is 11.3 Å². The lowest BCUT2D eigenvalue weighted by Crippen LogP contribution is -2.18. The predicted molar refractivity (Wildman–Crippen MR) is 133 cm³/mol. The van der Waals surface area contributed by atoms with Crippen LogP contribution in [-0.4, -0.2) is 15.6 Å². The van der Waals surface area contributed by atoms with Gasteiger partial charge in [0.05, 0.1) is 22.4 Å². The summed E-state index contributed by atoms with van der Waals surface area (Å²) in [5.41, 5.74) is 5.80. The summed E-state index contributed by atoms with van der Waals surface area (Å²) in [5.74, 6) is 0. The molecule has 1 atom stereocenters. The lowest BCUT2D eigenvalue weighted by molar-refractivity contribution is -0.384. The second-order valence-corrected chi connectivity index (χ2v) is 9.12. The number of rotatable bonds is 5. The largest absolute Gasteiger partial charge is 0.270 e. The number of aryl methyl sites for hydroxylation is 1. The Morgan fingerprint density at radius 3 is 2.55 bits per heavy atom. The average molecular weight is 475 g/mol. The van der Waals surface area contributed by atoms with Crippen LogP contribution in [-0.2, 0) is 0 Å². The maximum atomic E-state index is 11.2. The highest BCUT2D eigenvalue weighted by Crippen LogP contribution is 2.40. The van der Waals surface area contributed by atoms with E-state index in [4.69, 9.17) is 21.7 Å². The Labute approximate surface area is 199 Å². The number of thiazole rings is 1. The highest BCUT2D eigenvalue weighted by atomic mass is 35.5. The number of hydrazone groups is 1. The van der Waals surface area contributed by atoms with E-state index in [9.17, 15) is 10.1 Å². The number of nitrogens with zero attached hydrogens (tertiary/aromatic N) is 4. The predicted octanol–water partition coefficient (Wildman–Crippen LogP) is 7.04. The van der Waals surface area contributed by atoms with Crippen LogP contribution in [0.15, 0.2) is 83.3 Å². The average Bonchev–Trinajstić information content (AvgIpc) is 3.48. The van der Waals surface area contributed by atoms with Crippen molar-refractivity contribution in [2.24, 2.45) is 5.10 Å². The van der Waals surface area contributed by atoms with Crippen molar-refractivity contribution in [2.45, 2.75) is 19.4 Å². The van der Waals surface area contributed by atoms with Crippen molar-refractivity contribution < 1.29 is 4.92 Å². The molecule has 0 bridgehead atoms. The molecule has 3 aromatic carbocycles. The smallest absolute Gasteiger partial charge is 0.258 e. The van der Waals surface area contributed by atoms with Crippen LogP contribution in [0, 0.1) is 17.0 Å². The van der Waals surface area contributed by atoms with E-state index in [1.165, 1.54) is 23.0 Å². The van der Waals surface area contributed by atoms with Gasteiger partial charge in [-0.05, 0) is 30.2 Å². The van der Waals surface area contributed by atoms with Crippen LogP contribution < -0.4 is 5.01 Å². The van der Waals surface area contributed by atoms with E-state index in [-0.39, 0.29) is 11.7 Å². The van der Waals surface area contributed by atoms with Crippen molar-refractivity contribution in [1.29, 1.82) is 0 Å². The van der Waals surface area contributed by atoms with Crippen LogP contribution >= 0.6 is 22.9 Å². The Hall–Kier alpha value is -3.55. The molecule has 0 N–H and O–H groups in total. The summed E-state index contributed by atoms with van der Waals surface area (Å²) in [6.45, 7) is 2.06. The maximum Gasteiger partial charge on any atom is 0.270 e. The summed E-state index contributed by atoms with van der Waals surface area (Å²) in [5, 5.41) is 21.4. The van der Waals surface area contributed by atoms with Crippen molar-refractivity contribution in [2.75, 3.05) is 5.01 Å². The molecule has 0 saturated carbocycles. The van der Waals surface area contributed by atoms with Crippen LogP contribution in [0.4, 0.5) is 10.8 Å². The van der Waals surface area contributed by atoms with Gasteiger partial charge in [0, 0.05) is 34.5 Å². The molecule has 1 aliphatic rings. The topological polar surface area (TPSA) is 71.6 Å². The molecular formula is C25H19ClN4O2S. The van der Waals surface area contributed by atoms with Gasteiger partial charge in [0.25, 0.3) is 5.69 Å².